The van der Waals surface area contributed by atoms with E-state index in [2.05, 4.69) is 33.4 Å². The van der Waals surface area contributed by atoms with Crippen molar-refractivity contribution in [2.24, 2.45) is 0 Å². The molecule has 1 fully saturated rings. The number of amides is 1. The van der Waals surface area contributed by atoms with Crippen molar-refractivity contribution in [3.63, 3.8) is 0 Å². The molecule has 1 unspecified atom stereocenters. The molecule has 1 aliphatic rings. The number of carbonyl (C=O) groups is 1. The Hall–Kier alpha value is -0.590. The number of rotatable bonds is 5. The summed E-state index contributed by atoms with van der Waals surface area (Å²) < 4.78 is 6.66. The number of halogens is 1. The number of nitrogens with zero attached hydrogens (tertiary/aromatic N) is 1. The molecule has 0 bridgehead atoms. The number of ether oxygens (including phenoxy) is 1. The lowest BCUT2D eigenvalue weighted by Gasteiger charge is -2.28. The zero-order chi connectivity index (χ0) is 16.2. The minimum absolute atomic E-state index is 0.181. The Morgan fingerprint density at radius 1 is 1.50 bits per heavy atom. The Balaban J connectivity index is 1.73. The third-order valence-corrected chi connectivity index (χ3v) is 5.25. The van der Waals surface area contributed by atoms with Gasteiger partial charge in [0.15, 0.2) is 0 Å². The van der Waals surface area contributed by atoms with Crippen LogP contribution in [-0.2, 0) is 11.2 Å². The summed E-state index contributed by atoms with van der Waals surface area (Å²) in [6.45, 7) is 8.31. The number of thiophene rings is 1. The first-order valence-electron chi connectivity index (χ1n) is 7.80. The van der Waals surface area contributed by atoms with Crippen molar-refractivity contribution in [2.45, 2.75) is 51.7 Å². The van der Waals surface area contributed by atoms with Gasteiger partial charge in [0.25, 0.3) is 0 Å². The number of carbonyl (C=O) groups excluding carboxylic acids is 1. The summed E-state index contributed by atoms with van der Waals surface area (Å²) >= 11 is 5.26. The van der Waals surface area contributed by atoms with Crippen LogP contribution in [0.5, 0.6) is 0 Å². The van der Waals surface area contributed by atoms with Crippen LogP contribution in [-0.4, -0.2) is 42.3 Å². The number of likely N-dealkylation sites (tertiary alicyclic amines) is 1. The zero-order valence-electron chi connectivity index (χ0n) is 13.5. The summed E-state index contributed by atoms with van der Waals surface area (Å²) in [7, 11) is 0. The van der Waals surface area contributed by atoms with E-state index < -0.39 is 5.60 Å². The molecule has 1 aliphatic heterocycles. The van der Waals surface area contributed by atoms with E-state index in [1.54, 1.807) is 11.3 Å². The fourth-order valence-electron chi connectivity index (χ4n) is 2.58. The highest BCUT2D eigenvalue weighted by molar-refractivity contribution is 9.11. The van der Waals surface area contributed by atoms with E-state index in [9.17, 15) is 4.79 Å². The first kappa shape index (κ1) is 17.8. The van der Waals surface area contributed by atoms with Gasteiger partial charge in [-0.05, 0) is 68.1 Å². The normalized spacial score (nSPS) is 18.7. The first-order valence-corrected chi connectivity index (χ1v) is 9.40. The summed E-state index contributed by atoms with van der Waals surface area (Å²) in [5, 5.41) is 3.47. The van der Waals surface area contributed by atoms with E-state index in [0.717, 1.165) is 38.9 Å². The Morgan fingerprint density at radius 3 is 2.91 bits per heavy atom. The smallest absolute Gasteiger partial charge is 0.410 e. The number of nitrogens with one attached hydrogen (secondary N) is 1. The van der Waals surface area contributed by atoms with E-state index >= 15 is 0 Å². The van der Waals surface area contributed by atoms with Gasteiger partial charge in [-0.25, -0.2) is 4.79 Å². The van der Waals surface area contributed by atoms with Crippen molar-refractivity contribution in [3.8, 4) is 0 Å². The maximum Gasteiger partial charge on any atom is 0.410 e. The molecule has 2 heterocycles. The van der Waals surface area contributed by atoms with Crippen LogP contribution in [0.25, 0.3) is 0 Å². The molecule has 0 saturated carbocycles. The van der Waals surface area contributed by atoms with Crippen molar-refractivity contribution < 1.29 is 9.53 Å². The molecule has 0 aromatic carbocycles. The van der Waals surface area contributed by atoms with Crippen LogP contribution >= 0.6 is 27.3 Å². The molecule has 124 valence electrons. The molecule has 4 nitrogen and oxygen atoms in total. The highest BCUT2D eigenvalue weighted by Gasteiger charge is 2.31. The Kier molecular flexibility index (Phi) is 6.29. The predicted octanol–water partition coefficient (Wildman–Crippen LogP) is 4.04. The molecule has 0 aliphatic carbocycles. The molecule has 0 radical (unpaired) electrons. The molecular weight excluding hydrogens is 364 g/mol. The van der Waals surface area contributed by atoms with Crippen LogP contribution in [0.2, 0.25) is 0 Å². The fraction of sp³-hybridized carbons (Fsp3) is 0.688. The third kappa shape index (κ3) is 5.56. The molecule has 2 rings (SSSR count). The van der Waals surface area contributed by atoms with Crippen molar-refractivity contribution in [3.05, 3.63) is 20.8 Å². The summed E-state index contributed by atoms with van der Waals surface area (Å²) in [6, 6.07) is 4.49. The fourth-order valence-corrected chi connectivity index (χ4v) is 4.06. The monoisotopic (exact) mass is 388 g/mol. The number of hydrogen-bond donors (Lipinski definition) is 1. The van der Waals surface area contributed by atoms with Gasteiger partial charge in [0.2, 0.25) is 0 Å². The molecule has 1 atom stereocenters. The SMILES string of the molecule is CC(C)(C)OC(=O)N1CCCC1CNCCc1ccc(Br)s1. The maximum absolute atomic E-state index is 12.2. The predicted molar refractivity (Wildman–Crippen MR) is 94.6 cm³/mol. The molecule has 1 N–H and O–H groups in total. The molecule has 6 heteroatoms. The van der Waals surface area contributed by atoms with Gasteiger partial charge in [-0.2, -0.15) is 0 Å². The molecule has 1 saturated heterocycles. The van der Waals surface area contributed by atoms with Gasteiger partial charge in [0.05, 0.1) is 3.79 Å². The molecule has 1 aromatic rings. The van der Waals surface area contributed by atoms with Crippen molar-refractivity contribution in [2.75, 3.05) is 19.6 Å². The van der Waals surface area contributed by atoms with Gasteiger partial charge in [0, 0.05) is 30.6 Å². The summed E-state index contributed by atoms with van der Waals surface area (Å²) in [5.41, 5.74) is -0.426. The zero-order valence-corrected chi connectivity index (χ0v) is 15.9. The van der Waals surface area contributed by atoms with Gasteiger partial charge < -0.3 is 15.0 Å². The third-order valence-electron chi connectivity index (χ3n) is 3.56. The lowest BCUT2D eigenvalue weighted by molar-refractivity contribution is 0.0227. The van der Waals surface area contributed by atoms with Crippen molar-refractivity contribution in [1.29, 1.82) is 0 Å². The van der Waals surface area contributed by atoms with Crippen molar-refractivity contribution in [1.82, 2.24) is 10.2 Å². The van der Waals surface area contributed by atoms with E-state index in [1.807, 2.05) is 25.7 Å². The standard InChI is InChI=1S/C16H25BrN2O2S/c1-16(2,3)21-15(20)19-10-4-5-12(19)11-18-9-8-13-6-7-14(17)22-13/h6-7,12,18H,4-5,8-11H2,1-3H3. The molecule has 22 heavy (non-hydrogen) atoms. The second kappa shape index (κ2) is 7.79. The van der Waals surface area contributed by atoms with E-state index in [1.165, 1.54) is 8.66 Å². The summed E-state index contributed by atoms with van der Waals surface area (Å²) in [4.78, 5) is 15.4. The Morgan fingerprint density at radius 2 is 2.27 bits per heavy atom. The van der Waals surface area contributed by atoms with Gasteiger partial charge in [-0.15, -0.1) is 11.3 Å². The highest BCUT2D eigenvalue weighted by atomic mass is 79.9. The Labute approximate surface area is 145 Å². The first-order chi connectivity index (χ1) is 10.3. The minimum Gasteiger partial charge on any atom is -0.444 e. The Bertz CT molecular complexity index is 499. The second-order valence-corrected chi connectivity index (χ2v) is 9.18. The lowest BCUT2D eigenvalue weighted by Crippen LogP contribution is -2.44. The van der Waals surface area contributed by atoms with Crippen molar-refractivity contribution >= 4 is 33.4 Å². The number of hydrogen-bond acceptors (Lipinski definition) is 4. The van der Waals surface area contributed by atoms with Crippen LogP contribution in [0, 0.1) is 0 Å². The van der Waals surface area contributed by atoms with E-state index in [-0.39, 0.29) is 12.1 Å². The van der Waals surface area contributed by atoms with Gasteiger partial charge >= 0.3 is 6.09 Å². The van der Waals surface area contributed by atoms with Gasteiger partial charge in [-0.3, -0.25) is 0 Å². The van der Waals surface area contributed by atoms with Gasteiger partial charge in [-0.1, -0.05) is 0 Å². The summed E-state index contributed by atoms with van der Waals surface area (Å²) in [5.74, 6) is 0. The highest BCUT2D eigenvalue weighted by Crippen LogP contribution is 2.22. The van der Waals surface area contributed by atoms with Crippen LogP contribution in [0.1, 0.15) is 38.5 Å². The van der Waals surface area contributed by atoms with Crippen LogP contribution in [0.15, 0.2) is 15.9 Å². The van der Waals surface area contributed by atoms with Crippen LogP contribution in [0.4, 0.5) is 4.79 Å². The largest absolute Gasteiger partial charge is 0.444 e. The minimum atomic E-state index is -0.426. The molecular formula is C16H25BrN2O2S. The maximum atomic E-state index is 12.2. The topological polar surface area (TPSA) is 41.6 Å². The molecule has 0 spiro atoms. The molecule has 1 amide bonds. The lowest BCUT2D eigenvalue weighted by atomic mass is 10.2. The van der Waals surface area contributed by atoms with Crippen LogP contribution < -0.4 is 5.32 Å². The summed E-state index contributed by atoms with van der Waals surface area (Å²) in [6.07, 6.45) is 2.95. The van der Waals surface area contributed by atoms with E-state index in [0.29, 0.717) is 0 Å². The average molecular weight is 389 g/mol. The molecule has 1 aromatic heterocycles. The average Bonchev–Trinajstić information content (AvgIpc) is 3.01. The quantitative estimate of drug-likeness (QED) is 0.773. The van der Waals surface area contributed by atoms with Gasteiger partial charge in [0.1, 0.15) is 5.60 Å². The van der Waals surface area contributed by atoms with E-state index in [4.69, 9.17) is 4.74 Å². The van der Waals surface area contributed by atoms with Crippen LogP contribution in [0.3, 0.4) is 0 Å². The second-order valence-electron chi connectivity index (χ2n) is 6.63.